The number of carbonyl (C=O) groups is 1. The molecule has 0 spiro atoms. The molecular formula is C26H35N5O3. The van der Waals surface area contributed by atoms with E-state index in [4.69, 9.17) is 4.74 Å². The molecule has 1 saturated heterocycles. The van der Waals surface area contributed by atoms with Gasteiger partial charge in [-0.05, 0) is 71.3 Å². The van der Waals surface area contributed by atoms with Crippen molar-refractivity contribution in [3.63, 3.8) is 0 Å². The molecule has 1 aromatic carbocycles. The lowest BCUT2D eigenvalue weighted by Gasteiger charge is -2.15. The van der Waals surface area contributed by atoms with Crippen LogP contribution >= 0.6 is 0 Å². The average molecular weight is 466 g/mol. The van der Waals surface area contributed by atoms with Gasteiger partial charge in [0.2, 0.25) is 5.91 Å². The molecule has 34 heavy (non-hydrogen) atoms. The highest BCUT2D eigenvalue weighted by Gasteiger charge is 2.19. The smallest absolute Gasteiger partial charge is 0.277 e. The van der Waals surface area contributed by atoms with Crippen molar-refractivity contribution in [2.75, 3.05) is 33.3 Å². The molecule has 1 aliphatic rings. The summed E-state index contributed by atoms with van der Waals surface area (Å²) in [7, 11) is 1.62. The molecule has 1 aliphatic heterocycles. The fraction of sp³-hybridized carbons (Fsp3) is 0.500. The highest BCUT2D eigenvalue weighted by atomic mass is 16.5. The van der Waals surface area contributed by atoms with Crippen molar-refractivity contribution in [3.8, 4) is 17.0 Å². The van der Waals surface area contributed by atoms with Gasteiger partial charge in [-0.3, -0.25) is 9.59 Å². The number of nitrogens with one attached hydrogen (secondary N) is 1. The van der Waals surface area contributed by atoms with Gasteiger partial charge in [0, 0.05) is 42.4 Å². The van der Waals surface area contributed by atoms with Crippen LogP contribution in [0.5, 0.6) is 5.75 Å². The molecule has 3 aromatic rings. The van der Waals surface area contributed by atoms with Crippen molar-refractivity contribution in [3.05, 3.63) is 51.9 Å². The number of amides is 1. The Kier molecular flexibility index (Phi) is 7.67. The van der Waals surface area contributed by atoms with Crippen molar-refractivity contribution in [1.82, 2.24) is 24.4 Å². The Labute approximate surface area is 200 Å². The molecule has 0 aliphatic carbocycles. The molecule has 8 heteroatoms. The average Bonchev–Trinajstić information content (AvgIpc) is 3.52. The standard InChI is InChI=1S/C26H35N5O3/c1-4-30-19(2)20(12-13-24(32)27-14-9-17-29-15-7-8-16-29)26(33)31-25(30)18-22(28-31)21-10-5-6-11-23(21)34-3/h5-6,10-11,18H,4,7-9,12-17H2,1-3H3,(H,27,32). The van der Waals surface area contributed by atoms with E-state index >= 15 is 0 Å². The number of aromatic nitrogens is 3. The van der Waals surface area contributed by atoms with Crippen LogP contribution in [0, 0.1) is 6.92 Å². The van der Waals surface area contributed by atoms with Gasteiger partial charge in [0.25, 0.3) is 5.56 Å². The van der Waals surface area contributed by atoms with Gasteiger partial charge in [0.05, 0.1) is 12.8 Å². The Bertz CT molecular complexity index is 1210. The van der Waals surface area contributed by atoms with E-state index in [1.807, 2.05) is 44.2 Å². The number of para-hydroxylation sites is 1. The van der Waals surface area contributed by atoms with Crippen LogP contribution in [-0.2, 0) is 17.8 Å². The Morgan fingerprint density at radius 1 is 1.21 bits per heavy atom. The molecule has 0 radical (unpaired) electrons. The zero-order chi connectivity index (χ0) is 24.1. The summed E-state index contributed by atoms with van der Waals surface area (Å²) in [4.78, 5) is 28.2. The number of carbonyl (C=O) groups excluding carboxylic acids is 1. The van der Waals surface area contributed by atoms with E-state index in [0.717, 1.165) is 29.9 Å². The maximum atomic E-state index is 13.4. The van der Waals surface area contributed by atoms with Gasteiger partial charge in [-0.25, -0.2) is 0 Å². The second-order valence-electron chi connectivity index (χ2n) is 8.87. The van der Waals surface area contributed by atoms with E-state index in [9.17, 15) is 9.59 Å². The number of ether oxygens (including phenoxy) is 1. The number of methoxy groups -OCH3 is 1. The molecular weight excluding hydrogens is 430 g/mol. The number of benzene rings is 1. The second kappa shape index (κ2) is 10.9. The molecule has 0 saturated carbocycles. The van der Waals surface area contributed by atoms with E-state index in [0.29, 0.717) is 36.5 Å². The molecule has 2 aromatic heterocycles. The quantitative estimate of drug-likeness (QED) is 0.466. The summed E-state index contributed by atoms with van der Waals surface area (Å²) >= 11 is 0. The summed E-state index contributed by atoms with van der Waals surface area (Å²) in [6.07, 6.45) is 4.19. The predicted molar refractivity (Wildman–Crippen MR) is 133 cm³/mol. The third kappa shape index (κ3) is 5.01. The van der Waals surface area contributed by atoms with Crippen molar-refractivity contribution < 1.29 is 9.53 Å². The molecule has 0 bridgehead atoms. The van der Waals surface area contributed by atoms with E-state index in [-0.39, 0.29) is 17.9 Å². The van der Waals surface area contributed by atoms with Gasteiger partial charge < -0.3 is 19.5 Å². The largest absolute Gasteiger partial charge is 0.496 e. The van der Waals surface area contributed by atoms with E-state index in [1.54, 1.807) is 7.11 Å². The normalized spacial score (nSPS) is 14.1. The van der Waals surface area contributed by atoms with Crippen LogP contribution in [-0.4, -0.2) is 58.3 Å². The molecule has 1 amide bonds. The molecule has 0 unspecified atom stereocenters. The van der Waals surface area contributed by atoms with Crippen LogP contribution in [0.15, 0.2) is 35.1 Å². The van der Waals surface area contributed by atoms with Crippen LogP contribution in [0.25, 0.3) is 16.9 Å². The van der Waals surface area contributed by atoms with Gasteiger partial charge in [0.1, 0.15) is 11.4 Å². The third-order valence-electron chi connectivity index (χ3n) is 6.73. The Morgan fingerprint density at radius 2 is 1.97 bits per heavy atom. The van der Waals surface area contributed by atoms with Crippen molar-refractivity contribution in [2.24, 2.45) is 0 Å². The van der Waals surface area contributed by atoms with Gasteiger partial charge in [0.15, 0.2) is 0 Å². The number of likely N-dealkylation sites (tertiary alicyclic amines) is 1. The van der Waals surface area contributed by atoms with Gasteiger partial charge in [-0.1, -0.05) is 12.1 Å². The number of nitrogens with zero attached hydrogens (tertiary/aromatic N) is 4. The molecule has 1 fully saturated rings. The first-order chi connectivity index (χ1) is 16.5. The lowest BCUT2D eigenvalue weighted by Crippen LogP contribution is -2.30. The SMILES string of the molecule is CCn1c(C)c(CCC(=O)NCCCN2CCCC2)c(=O)n2nc(-c3ccccc3OC)cc12. The van der Waals surface area contributed by atoms with Crippen LogP contribution in [0.1, 0.15) is 43.9 Å². The fourth-order valence-corrected chi connectivity index (χ4v) is 4.87. The summed E-state index contributed by atoms with van der Waals surface area (Å²) in [5.41, 5.74) is 3.61. The first kappa shape index (κ1) is 24.0. The highest BCUT2D eigenvalue weighted by Crippen LogP contribution is 2.29. The number of aryl methyl sites for hydroxylation is 1. The number of fused-ring (bicyclic) bond motifs is 1. The molecule has 8 nitrogen and oxygen atoms in total. The maximum absolute atomic E-state index is 13.4. The zero-order valence-electron chi connectivity index (χ0n) is 20.5. The highest BCUT2D eigenvalue weighted by molar-refractivity contribution is 5.76. The van der Waals surface area contributed by atoms with Crippen molar-refractivity contribution in [2.45, 2.75) is 52.5 Å². The topological polar surface area (TPSA) is 80.9 Å². The Balaban J connectivity index is 1.50. The number of hydrogen-bond donors (Lipinski definition) is 1. The maximum Gasteiger partial charge on any atom is 0.277 e. The van der Waals surface area contributed by atoms with Gasteiger partial charge in [-0.15, -0.1) is 0 Å². The van der Waals surface area contributed by atoms with E-state index in [1.165, 1.54) is 30.4 Å². The third-order valence-corrected chi connectivity index (χ3v) is 6.73. The van der Waals surface area contributed by atoms with E-state index < -0.39 is 0 Å². The lowest BCUT2D eigenvalue weighted by atomic mass is 10.1. The second-order valence-corrected chi connectivity index (χ2v) is 8.87. The Hall–Kier alpha value is -3.13. The van der Waals surface area contributed by atoms with Crippen LogP contribution in [0.2, 0.25) is 0 Å². The molecule has 182 valence electrons. The first-order valence-electron chi connectivity index (χ1n) is 12.3. The lowest BCUT2D eigenvalue weighted by molar-refractivity contribution is -0.121. The Morgan fingerprint density at radius 3 is 2.71 bits per heavy atom. The molecule has 3 heterocycles. The van der Waals surface area contributed by atoms with Gasteiger partial charge in [-0.2, -0.15) is 9.61 Å². The fourth-order valence-electron chi connectivity index (χ4n) is 4.87. The molecule has 0 atom stereocenters. The summed E-state index contributed by atoms with van der Waals surface area (Å²) < 4.78 is 9.02. The molecule has 1 N–H and O–H groups in total. The summed E-state index contributed by atoms with van der Waals surface area (Å²) in [6.45, 7) is 8.74. The summed E-state index contributed by atoms with van der Waals surface area (Å²) in [5, 5.41) is 7.63. The predicted octanol–water partition coefficient (Wildman–Crippen LogP) is 3.03. The molecule has 4 rings (SSSR count). The van der Waals surface area contributed by atoms with Gasteiger partial charge >= 0.3 is 0 Å². The number of rotatable bonds is 10. The van der Waals surface area contributed by atoms with Crippen LogP contribution in [0.4, 0.5) is 0 Å². The summed E-state index contributed by atoms with van der Waals surface area (Å²) in [5.74, 6) is 0.693. The van der Waals surface area contributed by atoms with Crippen molar-refractivity contribution >= 4 is 11.6 Å². The number of hydrogen-bond acceptors (Lipinski definition) is 5. The minimum absolute atomic E-state index is 0.0152. The van der Waals surface area contributed by atoms with E-state index in [2.05, 4.69) is 19.9 Å². The monoisotopic (exact) mass is 465 g/mol. The first-order valence-corrected chi connectivity index (χ1v) is 12.3. The minimum Gasteiger partial charge on any atom is -0.496 e. The van der Waals surface area contributed by atoms with Crippen LogP contribution in [0.3, 0.4) is 0 Å². The summed E-state index contributed by atoms with van der Waals surface area (Å²) in [6, 6.07) is 9.57. The zero-order valence-corrected chi connectivity index (χ0v) is 20.5. The van der Waals surface area contributed by atoms with Crippen LogP contribution < -0.4 is 15.6 Å². The minimum atomic E-state index is -0.166. The van der Waals surface area contributed by atoms with Crippen molar-refractivity contribution in [1.29, 1.82) is 0 Å².